The van der Waals surface area contributed by atoms with E-state index in [2.05, 4.69) is 27.5 Å². The monoisotopic (exact) mass is 318 g/mol. The molecule has 2 atom stereocenters. The molecule has 0 bridgehead atoms. The summed E-state index contributed by atoms with van der Waals surface area (Å²) in [6, 6.07) is 1.74. The highest BCUT2D eigenvalue weighted by Gasteiger charge is 2.33. The van der Waals surface area contributed by atoms with Gasteiger partial charge in [0.15, 0.2) is 5.82 Å². The molecule has 0 spiro atoms. The molecule has 8 nitrogen and oxygen atoms in total. The first-order valence-corrected chi connectivity index (χ1v) is 7.95. The number of carbonyl (C=O) groups is 1. The summed E-state index contributed by atoms with van der Waals surface area (Å²) in [4.78, 5) is 18.5. The zero-order chi connectivity index (χ0) is 16.2. The highest BCUT2D eigenvalue weighted by atomic mass is 16.5. The van der Waals surface area contributed by atoms with E-state index in [1.807, 2.05) is 16.9 Å². The van der Waals surface area contributed by atoms with Gasteiger partial charge in [0, 0.05) is 39.0 Å². The zero-order valence-corrected chi connectivity index (χ0v) is 13.5. The number of aryl methyl sites for hydroxylation is 1. The van der Waals surface area contributed by atoms with Gasteiger partial charge in [0.1, 0.15) is 0 Å². The summed E-state index contributed by atoms with van der Waals surface area (Å²) in [5, 5.41) is 11.1. The number of carbonyl (C=O) groups excluding carboxylic acids is 1. The summed E-state index contributed by atoms with van der Waals surface area (Å²) in [7, 11) is 0. The number of aromatic nitrogens is 4. The molecule has 2 unspecified atom stereocenters. The molecular formula is C15H22N6O2. The lowest BCUT2D eigenvalue weighted by Gasteiger charge is -2.23. The Bertz CT molecular complexity index is 638. The Balaban J connectivity index is 1.53. The standard InChI is InChI=1S/C15H22N6O2/c1-11(10-20-7-4-6-17-20)9-16-15(22)21-8-3-5-13(21)14-18-12(2)23-19-14/h4,6-7,11,13H,3,5,8-10H2,1-2H3,(H,16,22). The fraction of sp³-hybridized carbons (Fsp3) is 0.600. The number of nitrogens with one attached hydrogen (secondary N) is 1. The Morgan fingerprint density at radius 3 is 3.13 bits per heavy atom. The molecule has 2 aromatic rings. The third-order valence-electron chi connectivity index (χ3n) is 4.01. The van der Waals surface area contributed by atoms with Gasteiger partial charge in [-0.1, -0.05) is 12.1 Å². The van der Waals surface area contributed by atoms with Crippen molar-refractivity contribution in [2.24, 2.45) is 5.92 Å². The molecular weight excluding hydrogens is 296 g/mol. The number of rotatable bonds is 5. The minimum absolute atomic E-state index is 0.0673. The third-order valence-corrected chi connectivity index (χ3v) is 4.01. The lowest BCUT2D eigenvalue weighted by atomic mass is 10.2. The van der Waals surface area contributed by atoms with Gasteiger partial charge < -0.3 is 14.7 Å². The molecule has 1 aliphatic rings. The van der Waals surface area contributed by atoms with Crippen LogP contribution in [0.5, 0.6) is 0 Å². The number of urea groups is 1. The minimum Gasteiger partial charge on any atom is -0.340 e. The van der Waals surface area contributed by atoms with Crippen LogP contribution < -0.4 is 5.32 Å². The second kappa shape index (κ2) is 6.80. The van der Waals surface area contributed by atoms with Gasteiger partial charge in [0.25, 0.3) is 0 Å². The first-order valence-electron chi connectivity index (χ1n) is 7.95. The maximum Gasteiger partial charge on any atom is 0.318 e. The van der Waals surface area contributed by atoms with Gasteiger partial charge in [0.2, 0.25) is 5.89 Å². The van der Waals surface area contributed by atoms with Crippen molar-refractivity contribution in [2.75, 3.05) is 13.1 Å². The van der Waals surface area contributed by atoms with Crippen LogP contribution in [0.1, 0.15) is 37.5 Å². The molecule has 0 aromatic carbocycles. The lowest BCUT2D eigenvalue weighted by molar-refractivity contribution is 0.187. The van der Waals surface area contributed by atoms with Gasteiger partial charge in [-0.15, -0.1) is 0 Å². The van der Waals surface area contributed by atoms with Gasteiger partial charge >= 0.3 is 6.03 Å². The Morgan fingerprint density at radius 1 is 1.57 bits per heavy atom. The SMILES string of the molecule is Cc1nc(C2CCCN2C(=O)NCC(C)Cn2cccn2)no1. The molecule has 1 saturated heterocycles. The fourth-order valence-electron chi connectivity index (χ4n) is 2.88. The van der Waals surface area contributed by atoms with Crippen LogP contribution in [0.2, 0.25) is 0 Å². The Labute approximate surface area is 134 Å². The van der Waals surface area contributed by atoms with E-state index in [4.69, 9.17) is 4.52 Å². The molecule has 1 aliphatic heterocycles. The van der Waals surface area contributed by atoms with Gasteiger partial charge in [-0.05, 0) is 24.8 Å². The van der Waals surface area contributed by atoms with Crippen molar-refractivity contribution < 1.29 is 9.32 Å². The topological polar surface area (TPSA) is 89.1 Å². The number of amides is 2. The predicted molar refractivity (Wildman–Crippen MR) is 82.5 cm³/mol. The van der Waals surface area contributed by atoms with E-state index in [1.165, 1.54) is 0 Å². The van der Waals surface area contributed by atoms with E-state index in [-0.39, 0.29) is 12.1 Å². The molecule has 3 rings (SSSR count). The van der Waals surface area contributed by atoms with Crippen molar-refractivity contribution >= 4 is 6.03 Å². The van der Waals surface area contributed by atoms with Crippen LogP contribution in [0.4, 0.5) is 4.79 Å². The van der Waals surface area contributed by atoms with Crippen molar-refractivity contribution in [3.8, 4) is 0 Å². The van der Waals surface area contributed by atoms with Crippen LogP contribution in [0.15, 0.2) is 23.0 Å². The van der Waals surface area contributed by atoms with Crippen molar-refractivity contribution in [1.82, 2.24) is 30.1 Å². The summed E-state index contributed by atoms with van der Waals surface area (Å²) in [6.07, 6.45) is 5.50. The molecule has 0 radical (unpaired) electrons. The number of likely N-dealkylation sites (tertiary alicyclic amines) is 1. The number of hydrogen-bond acceptors (Lipinski definition) is 5. The first-order chi connectivity index (χ1) is 11.1. The van der Waals surface area contributed by atoms with E-state index in [0.29, 0.717) is 24.2 Å². The highest BCUT2D eigenvalue weighted by molar-refractivity contribution is 5.74. The quantitative estimate of drug-likeness (QED) is 0.907. The molecule has 2 aromatic heterocycles. The van der Waals surface area contributed by atoms with Crippen LogP contribution >= 0.6 is 0 Å². The summed E-state index contributed by atoms with van der Waals surface area (Å²) in [6.45, 7) is 5.95. The van der Waals surface area contributed by atoms with E-state index < -0.39 is 0 Å². The molecule has 2 amide bonds. The average molecular weight is 318 g/mol. The zero-order valence-electron chi connectivity index (χ0n) is 13.5. The molecule has 8 heteroatoms. The summed E-state index contributed by atoms with van der Waals surface area (Å²) in [5.74, 6) is 1.42. The van der Waals surface area contributed by atoms with E-state index >= 15 is 0 Å². The predicted octanol–water partition coefficient (Wildman–Crippen LogP) is 1.76. The van der Waals surface area contributed by atoms with Crippen LogP contribution in [0, 0.1) is 12.8 Å². The normalized spacial score (nSPS) is 19.0. The van der Waals surface area contributed by atoms with Crippen molar-refractivity contribution in [3.63, 3.8) is 0 Å². The van der Waals surface area contributed by atoms with Crippen LogP contribution in [-0.2, 0) is 6.54 Å². The summed E-state index contributed by atoms with van der Waals surface area (Å²) < 4.78 is 6.91. The fourth-order valence-corrected chi connectivity index (χ4v) is 2.88. The summed E-state index contributed by atoms with van der Waals surface area (Å²) in [5.41, 5.74) is 0. The molecule has 1 N–H and O–H groups in total. The highest BCUT2D eigenvalue weighted by Crippen LogP contribution is 2.29. The first kappa shape index (κ1) is 15.5. The Kier molecular flexibility index (Phi) is 4.59. The average Bonchev–Trinajstić information content (AvgIpc) is 3.25. The van der Waals surface area contributed by atoms with Crippen molar-refractivity contribution in [1.29, 1.82) is 0 Å². The number of hydrogen-bond donors (Lipinski definition) is 1. The molecule has 124 valence electrons. The van der Waals surface area contributed by atoms with Gasteiger partial charge in [0.05, 0.1) is 6.04 Å². The second-order valence-corrected chi connectivity index (χ2v) is 6.04. The largest absolute Gasteiger partial charge is 0.340 e. The number of nitrogens with zero attached hydrogens (tertiary/aromatic N) is 5. The van der Waals surface area contributed by atoms with Crippen molar-refractivity contribution in [3.05, 3.63) is 30.2 Å². The maximum atomic E-state index is 12.4. The second-order valence-electron chi connectivity index (χ2n) is 6.04. The molecule has 0 saturated carbocycles. The molecule has 3 heterocycles. The van der Waals surface area contributed by atoms with E-state index in [1.54, 1.807) is 18.0 Å². The van der Waals surface area contributed by atoms with Crippen LogP contribution in [0.3, 0.4) is 0 Å². The van der Waals surface area contributed by atoms with E-state index in [9.17, 15) is 4.79 Å². The lowest BCUT2D eigenvalue weighted by Crippen LogP contribution is -2.41. The van der Waals surface area contributed by atoms with Gasteiger partial charge in [-0.2, -0.15) is 10.1 Å². The summed E-state index contributed by atoms with van der Waals surface area (Å²) >= 11 is 0. The molecule has 1 fully saturated rings. The van der Waals surface area contributed by atoms with Gasteiger partial charge in [-0.25, -0.2) is 4.79 Å². The van der Waals surface area contributed by atoms with Crippen molar-refractivity contribution in [2.45, 2.75) is 39.3 Å². The van der Waals surface area contributed by atoms with Crippen LogP contribution in [0.25, 0.3) is 0 Å². The minimum atomic E-state index is -0.0890. The van der Waals surface area contributed by atoms with Gasteiger partial charge in [-0.3, -0.25) is 4.68 Å². The molecule has 23 heavy (non-hydrogen) atoms. The maximum absolute atomic E-state index is 12.4. The Morgan fingerprint density at radius 2 is 2.43 bits per heavy atom. The smallest absolute Gasteiger partial charge is 0.318 e. The van der Waals surface area contributed by atoms with E-state index in [0.717, 1.165) is 25.9 Å². The Hall–Kier alpha value is -2.38. The molecule has 0 aliphatic carbocycles. The third kappa shape index (κ3) is 3.69. The van der Waals surface area contributed by atoms with Crippen LogP contribution in [-0.4, -0.2) is 43.9 Å².